The van der Waals surface area contributed by atoms with Gasteiger partial charge < -0.3 is 5.32 Å². The van der Waals surface area contributed by atoms with Crippen molar-refractivity contribution in [3.05, 3.63) is 21.4 Å². The quantitative estimate of drug-likeness (QED) is 0.756. The summed E-state index contributed by atoms with van der Waals surface area (Å²) >= 11 is 1.90. The van der Waals surface area contributed by atoms with Gasteiger partial charge in [-0.15, -0.1) is 11.3 Å². The average molecular weight is 181 g/mol. The molecule has 0 bridgehead atoms. The van der Waals surface area contributed by atoms with Gasteiger partial charge in [-0.05, 0) is 49.2 Å². The predicted octanol–water partition coefficient (Wildman–Crippen LogP) is 2.65. The van der Waals surface area contributed by atoms with Gasteiger partial charge in [-0.25, -0.2) is 0 Å². The monoisotopic (exact) mass is 181 g/mol. The first-order valence-corrected chi connectivity index (χ1v) is 5.42. The molecule has 0 unspecified atom stereocenters. The molecule has 0 atom stereocenters. The Balaban J connectivity index is 2.27. The number of aryl methyl sites for hydroxylation is 1. The van der Waals surface area contributed by atoms with E-state index in [9.17, 15) is 0 Å². The zero-order valence-electron chi connectivity index (χ0n) is 7.68. The van der Waals surface area contributed by atoms with E-state index < -0.39 is 0 Å². The third kappa shape index (κ3) is 1.41. The Bertz CT molecular complexity index is 273. The molecule has 2 rings (SSSR count). The van der Waals surface area contributed by atoms with Crippen LogP contribution in [0.3, 0.4) is 0 Å². The van der Waals surface area contributed by atoms with Crippen LogP contribution < -0.4 is 5.32 Å². The minimum Gasteiger partial charge on any atom is -0.316 e. The van der Waals surface area contributed by atoms with Crippen molar-refractivity contribution in [2.75, 3.05) is 7.05 Å². The van der Waals surface area contributed by atoms with Crippen LogP contribution in [-0.4, -0.2) is 7.05 Å². The molecule has 0 spiro atoms. The van der Waals surface area contributed by atoms with E-state index in [0.29, 0.717) is 0 Å². The normalized spacial score (nSPS) is 16.8. The summed E-state index contributed by atoms with van der Waals surface area (Å²) in [7, 11) is 2.02. The molecule has 1 nitrogen and oxygen atoms in total. The minimum atomic E-state index is 0.902. The topological polar surface area (TPSA) is 12.0 Å². The Labute approximate surface area is 77.8 Å². The van der Waals surface area contributed by atoms with Gasteiger partial charge in [-0.2, -0.15) is 0 Å². The van der Waals surface area contributed by atoms with E-state index in [4.69, 9.17) is 0 Å². The molecule has 0 radical (unpaired) electrons. The Hall–Kier alpha value is -0.340. The fourth-order valence-electron chi connectivity index (χ4n) is 1.76. The third-order valence-electron chi connectivity index (χ3n) is 2.46. The van der Waals surface area contributed by atoms with Crippen LogP contribution in [0.4, 0.5) is 0 Å². The Morgan fingerprint density at radius 3 is 2.92 bits per heavy atom. The van der Waals surface area contributed by atoms with E-state index in [1.54, 1.807) is 5.56 Å². The van der Waals surface area contributed by atoms with Crippen molar-refractivity contribution < 1.29 is 0 Å². The number of rotatable bonds is 3. The van der Waals surface area contributed by atoms with Crippen molar-refractivity contribution in [3.63, 3.8) is 0 Å². The van der Waals surface area contributed by atoms with Gasteiger partial charge in [0, 0.05) is 11.4 Å². The van der Waals surface area contributed by atoms with Crippen molar-refractivity contribution in [2.24, 2.45) is 0 Å². The van der Waals surface area contributed by atoms with Gasteiger partial charge in [-0.1, -0.05) is 0 Å². The molecule has 12 heavy (non-hydrogen) atoms. The van der Waals surface area contributed by atoms with E-state index in [1.807, 2.05) is 18.4 Å². The molecule has 0 aromatic carbocycles. The molecular weight excluding hydrogens is 166 g/mol. The van der Waals surface area contributed by atoms with Crippen LogP contribution in [0.1, 0.15) is 34.8 Å². The zero-order chi connectivity index (χ0) is 8.55. The number of hydrogen-bond acceptors (Lipinski definition) is 2. The van der Waals surface area contributed by atoms with E-state index in [2.05, 4.69) is 17.6 Å². The lowest BCUT2D eigenvalue weighted by Crippen LogP contribution is -2.05. The van der Waals surface area contributed by atoms with Crippen LogP contribution in [0.5, 0.6) is 0 Å². The summed E-state index contributed by atoms with van der Waals surface area (Å²) in [5, 5.41) is 5.53. The number of thiophene rings is 1. The van der Waals surface area contributed by atoms with E-state index in [-0.39, 0.29) is 0 Å². The highest BCUT2D eigenvalue weighted by atomic mass is 32.1. The Morgan fingerprint density at radius 1 is 1.58 bits per heavy atom. The van der Waals surface area contributed by atoms with Crippen LogP contribution >= 0.6 is 11.3 Å². The summed E-state index contributed by atoms with van der Waals surface area (Å²) in [5.74, 6) is 0.902. The summed E-state index contributed by atoms with van der Waals surface area (Å²) in [6.45, 7) is 3.29. The molecule has 1 N–H and O–H groups in total. The largest absolute Gasteiger partial charge is 0.316 e. The smallest absolute Gasteiger partial charge is 0.0213 e. The lowest BCUT2D eigenvalue weighted by atomic mass is 10.1. The molecule has 1 aliphatic carbocycles. The van der Waals surface area contributed by atoms with Crippen molar-refractivity contribution in [3.8, 4) is 0 Å². The first-order chi connectivity index (χ1) is 5.83. The van der Waals surface area contributed by atoms with Gasteiger partial charge in [0.2, 0.25) is 0 Å². The van der Waals surface area contributed by atoms with Gasteiger partial charge in [0.25, 0.3) is 0 Å². The van der Waals surface area contributed by atoms with Crippen LogP contribution in [0, 0.1) is 6.92 Å². The first-order valence-electron chi connectivity index (χ1n) is 4.54. The Kier molecular flexibility index (Phi) is 2.20. The van der Waals surface area contributed by atoms with Crippen LogP contribution in [0.2, 0.25) is 0 Å². The van der Waals surface area contributed by atoms with Gasteiger partial charge in [0.1, 0.15) is 0 Å². The highest BCUT2D eigenvalue weighted by Gasteiger charge is 2.28. The molecule has 2 heteroatoms. The molecule has 66 valence electrons. The van der Waals surface area contributed by atoms with E-state index in [1.165, 1.54) is 23.3 Å². The summed E-state index contributed by atoms with van der Waals surface area (Å²) in [5.41, 5.74) is 3.18. The predicted molar refractivity (Wildman–Crippen MR) is 53.8 cm³/mol. The van der Waals surface area contributed by atoms with Crippen molar-refractivity contribution in [2.45, 2.75) is 32.2 Å². The Morgan fingerprint density at radius 2 is 2.33 bits per heavy atom. The molecule has 1 saturated carbocycles. The maximum Gasteiger partial charge on any atom is 0.0213 e. The van der Waals surface area contributed by atoms with Gasteiger partial charge >= 0.3 is 0 Å². The summed E-state index contributed by atoms with van der Waals surface area (Å²) in [6, 6.07) is 0. The fourth-order valence-corrected chi connectivity index (χ4v) is 2.72. The van der Waals surface area contributed by atoms with Crippen LogP contribution in [0.25, 0.3) is 0 Å². The molecule has 1 aromatic rings. The molecule has 0 saturated heterocycles. The summed E-state index contributed by atoms with van der Waals surface area (Å²) in [6.07, 6.45) is 2.82. The highest BCUT2D eigenvalue weighted by Crippen LogP contribution is 2.45. The highest BCUT2D eigenvalue weighted by molar-refractivity contribution is 7.10. The summed E-state index contributed by atoms with van der Waals surface area (Å²) < 4.78 is 0. The lowest BCUT2D eigenvalue weighted by molar-refractivity contribution is 0.808. The molecule has 0 aliphatic heterocycles. The van der Waals surface area contributed by atoms with Gasteiger partial charge in [-0.3, -0.25) is 0 Å². The van der Waals surface area contributed by atoms with E-state index in [0.717, 1.165) is 12.5 Å². The van der Waals surface area contributed by atoms with Crippen LogP contribution in [-0.2, 0) is 6.54 Å². The van der Waals surface area contributed by atoms with Crippen molar-refractivity contribution >= 4 is 11.3 Å². The molecule has 1 aromatic heterocycles. The molecule has 1 aliphatic rings. The number of hydrogen-bond donors (Lipinski definition) is 1. The fraction of sp³-hybridized carbons (Fsp3) is 0.600. The average Bonchev–Trinajstić information content (AvgIpc) is 2.80. The SMILES string of the molecule is CNCc1csc(C)c1C1CC1. The molecule has 0 amide bonds. The number of nitrogens with one attached hydrogen (secondary N) is 1. The second-order valence-corrected chi connectivity index (χ2v) is 4.62. The van der Waals surface area contributed by atoms with Crippen molar-refractivity contribution in [1.29, 1.82) is 0 Å². The molecule has 1 heterocycles. The summed E-state index contributed by atoms with van der Waals surface area (Å²) in [4.78, 5) is 1.53. The molecule has 1 fully saturated rings. The lowest BCUT2D eigenvalue weighted by Gasteiger charge is -2.02. The maximum atomic E-state index is 3.23. The van der Waals surface area contributed by atoms with E-state index >= 15 is 0 Å². The maximum absolute atomic E-state index is 3.23. The molecular formula is C10H15NS. The second kappa shape index (κ2) is 3.19. The standard InChI is InChI=1S/C10H15NS/c1-7-10(8-3-4-8)9(5-11-2)6-12-7/h6,8,11H,3-5H2,1-2H3. The second-order valence-electron chi connectivity index (χ2n) is 3.54. The third-order valence-corrected chi connectivity index (χ3v) is 3.43. The minimum absolute atomic E-state index is 0.902. The van der Waals surface area contributed by atoms with Gasteiger partial charge in [0.15, 0.2) is 0 Å². The van der Waals surface area contributed by atoms with Gasteiger partial charge in [0.05, 0.1) is 0 Å². The first kappa shape index (κ1) is 8.27. The zero-order valence-corrected chi connectivity index (χ0v) is 8.50. The van der Waals surface area contributed by atoms with Crippen LogP contribution in [0.15, 0.2) is 5.38 Å². The van der Waals surface area contributed by atoms with Crippen molar-refractivity contribution in [1.82, 2.24) is 5.32 Å².